The summed E-state index contributed by atoms with van der Waals surface area (Å²) in [6.07, 6.45) is 5.47. The van der Waals surface area contributed by atoms with Crippen molar-refractivity contribution in [3.63, 3.8) is 0 Å². The number of carbonyl (C=O) groups excluding carboxylic acids is 1. The molecule has 1 unspecified atom stereocenters. The van der Waals surface area contributed by atoms with E-state index in [9.17, 15) is 13.2 Å². The number of rotatable bonds is 5. The van der Waals surface area contributed by atoms with Crippen LogP contribution < -0.4 is 5.32 Å². The van der Waals surface area contributed by atoms with Gasteiger partial charge in [-0.05, 0) is 44.7 Å². The number of nitrogens with zero attached hydrogens (tertiary/aromatic N) is 2. The second-order valence-electron chi connectivity index (χ2n) is 5.92. The lowest BCUT2D eigenvalue weighted by Gasteiger charge is -2.31. The number of hydrogen-bond donors (Lipinski definition) is 1. The minimum atomic E-state index is -3.10. The Morgan fingerprint density at radius 2 is 1.90 bits per heavy atom. The summed E-state index contributed by atoms with van der Waals surface area (Å²) >= 11 is 0. The second kappa shape index (κ2) is 6.87. The van der Waals surface area contributed by atoms with E-state index in [1.54, 1.807) is 0 Å². The highest BCUT2D eigenvalue weighted by Gasteiger charge is 2.26. The fourth-order valence-corrected chi connectivity index (χ4v) is 3.89. The third-order valence-corrected chi connectivity index (χ3v) is 5.37. The molecule has 20 heavy (non-hydrogen) atoms. The predicted octanol–water partition coefficient (Wildman–Crippen LogP) is -0.130. The van der Waals surface area contributed by atoms with Gasteiger partial charge < -0.3 is 5.32 Å². The summed E-state index contributed by atoms with van der Waals surface area (Å²) in [6.45, 7) is 4.22. The zero-order valence-corrected chi connectivity index (χ0v) is 13.0. The van der Waals surface area contributed by atoms with Gasteiger partial charge in [-0.3, -0.25) is 9.69 Å². The van der Waals surface area contributed by atoms with Gasteiger partial charge in [-0.15, -0.1) is 0 Å². The van der Waals surface area contributed by atoms with Crippen LogP contribution >= 0.6 is 0 Å². The number of piperidine rings is 1. The van der Waals surface area contributed by atoms with Crippen LogP contribution in [-0.2, 0) is 14.8 Å². The molecule has 0 aromatic heterocycles. The van der Waals surface area contributed by atoms with E-state index in [1.807, 2.05) is 0 Å². The van der Waals surface area contributed by atoms with Gasteiger partial charge in [0.2, 0.25) is 15.9 Å². The maximum Gasteiger partial charge on any atom is 0.234 e. The Labute approximate surface area is 121 Å². The number of likely N-dealkylation sites (tertiary alicyclic amines) is 1. The summed E-state index contributed by atoms with van der Waals surface area (Å²) in [7, 11) is -3.10. The van der Waals surface area contributed by atoms with Crippen LogP contribution in [0.4, 0.5) is 0 Å². The van der Waals surface area contributed by atoms with E-state index < -0.39 is 10.0 Å². The van der Waals surface area contributed by atoms with Crippen molar-refractivity contribution in [3.05, 3.63) is 0 Å². The van der Waals surface area contributed by atoms with Crippen LogP contribution in [0.3, 0.4) is 0 Å². The molecule has 2 heterocycles. The van der Waals surface area contributed by atoms with Crippen molar-refractivity contribution in [3.8, 4) is 0 Å². The van der Waals surface area contributed by atoms with Gasteiger partial charge in [-0.1, -0.05) is 0 Å². The molecule has 7 heteroatoms. The van der Waals surface area contributed by atoms with E-state index in [-0.39, 0.29) is 11.8 Å². The minimum absolute atomic E-state index is 0.0587. The summed E-state index contributed by atoms with van der Waals surface area (Å²) in [6, 6.07) is 0. The third-order valence-electron chi connectivity index (χ3n) is 4.10. The monoisotopic (exact) mass is 303 g/mol. The summed E-state index contributed by atoms with van der Waals surface area (Å²) in [4.78, 5) is 14.0. The lowest BCUT2D eigenvalue weighted by molar-refractivity contribution is -0.122. The van der Waals surface area contributed by atoms with Crippen LogP contribution in [0.2, 0.25) is 0 Å². The Balaban J connectivity index is 1.71. The zero-order chi connectivity index (χ0) is 14.6. The lowest BCUT2D eigenvalue weighted by atomic mass is 10.00. The molecular formula is C13H25N3O3S. The highest BCUT2D eigenvalue weighted by Crippen LogP contribution is 2.17. The van der Waals surface area contributed by atoms with E-state index in [4.69, 9.17) is 0 Å². The maximum atomic E-state index is 11.8. The Morgan fingerprint density at radius 3 is 2.55 bits per heavy atom. The lowest BCUT2D eigenvalue weighted by Crippen LogP contribution is -2.44. The van der Waals surface area contributed by atoms with E-state index in [1.165, 1.54) is 23.4 Å². The molecule has 0 bridgehead atoms. The van der Waals surface area contributed by atoms with Gasteiger partial charge in [0, 0.05) is 19.6 Å². The van der Waals surface area contributed by atoms with Gasteiger partial charge in [-0.25, -0.2) is 12.7 Å². The third kappa shape index (κ3) is 4.71. The fraction of sp³-hybridized carbons (Fsp3) is 0.923. The van der Waals surface area contributed by atoms with E-state index >= 15 is 0 Å². The molecular weight excluding hydrogens is 278 g/mol. The summed E-state index contributed by atoms with van der Waals surface area (Å²) in [5.41, 5.74) is 0. The van der Waals surface area contributed by atoms with Crippen LogP contribution in [0.25, 0.3) is 0 Å². The predicted molar refractivity (Wildman–Crippen MR) is 77.8 cm³/mol. The van der Waals surface area contributed by atoms with Crippen molar-refractivity contribution in [1.29, 1.82) is 0 Å². The molecule has 0 aliphatic carbocycles. The maximum absolute atomic E-state index is 11.8. The first-order valence-electron chi connectivity index (χ1n) is 7.39. The Bertz CT molecular complexity index is 432. The first-order chi connectivity index (χ1) is 9.45. The van der Waals surface area contributed by atoms with Crippen LogP contribution in [0, 0.1) is 5.92 Å². The Hall–Kier alpha value is -0.660. The quantitative estimate of drug-likeness (QED) is 0.768. The van der Waals surface area contributed by atoms with Gasteiger partial charge in [-0.2, -0.15) is 0 Å². The molecule has 2 aliphatic heterocycles. The molecule has 2 saturated heterocycles. The molecule has 1 atom stereocenters. The molecule has 2 rings (SSSR count). The molecule has 0 saturated carbocycles. The van der Waals surface area contributed by atoms with Gasteiger partial charge in [0.1, 0.15) is 0 Å². The summed E-state index contributed by atoms with van der Waals surface area (Å²) in [5, 5.41) is 2.95. The summed E-state index contributed by atoms with van der Waals surface area (Å²) in [5.74, 6) is 0.296. The van der Waals surface area contributed by atoms with Crippen LogP contribution in [0.1, 0.15) is 25.7 Å². The van der Waals surface area contributed by atoms with Crippen LogP contribution in [0.5, 0.6) is 0 Å². The highest BCUT2D eigenvalue weighted by molar-refractivity contribution is 7.88. The molecule has 0 aromatic rings. The molecule has 1 N–H and O–H groups in total. The normalized spacial score (nSPS) is 25.8. The SMILES string of the molecule is CS(=O)(=O)N1CCCC(CNC(=O)CN2CCCC2)C1. The standard InChI is InChI=1S/C13H25N3O3S/c1-20(18,19)16-8-4-5-12(10-16)9-14-13(17)11-15-6-2-3-7-15/h12H,2-11H2,1H3,(H,14,17). The fourth-order valence-electron chi connectivity index (χ4n) is 2.95. The topological polar surface area (TPSA) is 69.7 Å². The molecule has 0 spiro atoms. The second-order valence-corrected chi connectivity index (χ2v) is 7.90. The van der Waals surface area contributed by atoms with Crippen molar-refractivity contribution in [2.45, 2.75) is 25.7 Å². The van der Waals surface area contributed by atoms with E-state index in [0.29, 0.717) is 26.2 Å². The van der Waals surface area contributed by atoms with Crippen molar-refractivity contribution in [1.82, 2.24) is 14.5 Å². The molecule has 0 aromatic carbocycles. The largest absolute Gasteiger partial charge is 0.355 e. The molecule has 116 valence electrons. The average Bonchev–Trinajstić information content (AvgIpc) is 2.88. The average molecular weight is 303 g/mol. The Kier molecular flexibility index (Phi) is 5.40. The van der Waals surface area contributed by atoms with Crippen LogP contribution in [-0.4, -0.2) is 69.1 Å². The molecule has 2 fully saturated rings. The number of nitrogens with one attached hydrogen (secondary N) is 1. The number of amides is 1. The van der Waals surface area contributed by atoms with Gasteiger partial charge >= 0.3 is 0 Å². The Morgan fingerprint density at radius 1 is 1.20 bits per heavy atom. The van der Waals surface area contributed by atoms with E-state index in [2.05, 4.69) is 10.2 Å². The number of sulfonamides is 1. The highest BCUT2D eigenvalue weighted by atomic mass is 32.2. The minimum Gasteiger partial charge on any atom is -0.355 e. The van der Waals surface area contributed by atoms with Crippen molar-refractivity contribution >= 4 is 15.9 Å². The zero-order valence-electron chi connectivity index (χ0n) is 12.2. The molecule has 2 aliphatic rings. The smallest absolute Gasteiger partial charge is 0.234 e. The van der Waals surface area contributed by atoms with Crippen molar-refractivity contribution in [2.24, 2.45) is 5.92 Å². The number of hydrogen-bond acceptors (Lipinski definition) is 4. The van der Waals surface area contributed by atoms with Gasteiger partial charge in [0.25, 0.3) is 0 Å². The first kappa shape index (κ1) is 15.7. The van der Waals surface area contributed by atoms with Crippen molar-refractivity contribution < 1.29 is 13.2 Å². The van der Waals surface area contributed by atoms with Gasteiger partial charge in [0.05, 0.1) is 12.8 Å². The number of carbonyl (C=O) groups is 1. The molecule has 1 amide bonds. The summed E-state index contributed by atoms with van der Waals surface area (Å²) < 4.78 is 24.6. The van der Waals surface area contributed by atoms with E-state index in [0.717, 1.165) is 25.9 Å². The molecule has 0 radical (unpaired) electrons. The first-order valence-corrected chi connectivity index (χ1v) is 9.24. The molecule has 6 nitrogen and oxygen atoms in total. The van der Waals surface area contributed by atoms with Gasteiger partial charge in [0.15, 0.2) is 0 Å². The van der Waals surface area contributed by atoms with Crippen LogP contribution in [0.15, 0.2) is 0 Å². The van der Waals surface area contributed by atoms with Crippen molar-refractivity contribution in [2.75, 3.05) is 45.5 Å².